The summed E-state index contributed by atoms with van der Waals surface area (Å²) in [6, 6.07) is 0. The molecule has 34 heavy (non-hydrogen) atoms. The number of rotatable bonds is 6. The first-order chi connectivity index (χ1) is 15.4. The maximum absolute atomic E-state index is 7.03. The molecule has 0 heterocycles. The molecule has 4 saturated carbocycles. The van der Waals surface area contributed by atoms with E-state index < -0.39 is 25.0 Å². The van der Waals surface area contributed by atoms with Crippen molar-refractivity contribution < 1.29 is 13.3 Å². The summed E-state index contributed by atoms with van der Waals surface area (Å²) in [6.45, 7) is 26.5. The molecule has 0 spiro atoms. The van der Waals surface area contributed by atoms with Gasteiger partial charge in [-0.25, -0.2) is 0 Å². The Balaban J connectivity index is 1.56. The van der Waals surface area contributed by atoms with Crippen molar-refractivity contribution >= 4 is 25.0 Å². The Hall–Kier alpha value is 0.531. The van der Waals surface area contributed by atoms with Crippen molar-refractivity contribution in [1.29, 1.82) is 0 Å². The van der Waals surface area contributed by atoms with Gasteiger partial charge in [0.25, 0.3) is 0 Å². The predicted octanol–water partition coefficient (Wildman–Crippen LogP) is 8.30. The van der Waals surface area contributed by atoms with Crippen LogP contribution in [0.2, 0.25) is 58.9 Å². The Morgan fingerprint density at radius 2 is 1.18 bits per heavy atom. The monoisotopic (exact) mass is 524 g/mol. The maximum atomic E-state index is 7.03. The van der Waals surface area contributed by atoms with Gasteiger partial charge in [-0.05, 0) is 145 Å². The van der Waals surface area contributed by atoms with Gasteiger partial charge in [0.2, 0.25) is 0 Å². The zero-order valence-corrected chi connectivity index (χ0v) is 27.4. The first kappa shape index (κ1) is 27.6. The van der Waals surface area contributed by atoms with Crippen molar-refractivity contribution in [1.82, 2.24) is 0 Å². The summed E-state index contributed by atoms with van der Waals surface area (Å²) in [4.78, 5) is 0. The van der Waals surface area contributed by atoms with Gasteiger partial charge in [-0.2, -0.15) is 0 Å². The van der Waals surface area contributed by atoms with Crippen LogP contribution >= 0.6 is 0 Å². The lowest BCUT2D eigenvalue weighted by Crippen LogP contribution is -2.56. The molecule has 0 aromatic carbocycles. The van der Waals surface area contributed by atoms with Crippen molar-refractivity contribution in [3.8, 4) is 0 Å². The van der Waals surface area contributed by atoms with E-state index in [1.165, 1.54) is 51.4 Å². The van der Waals surface area contributed by atoms with Gasteiger partial charge in [-0.3, -0.25) is 0 Å². The molecule has 9 atom stereocenters. The molecule has 0 aromatic heterocycles. The third kappa shape index (κ3) is 5.52. The van der Waals surface area contributed by atoms with Gasteiger partial charge in [-0.1, -0.05) is 13.8 Å². The van der Waals surface area contributed by atoms with Crippen LogP contribution in [0, 0.1) is 34.5 Å². The van der Waals surface area contributed by atoms with Crippen LogP contribution in [0.5, 0.6) is 0 Å². The van der Waals surface area contributed by atoms with Crippen molar-refractivity contribution in [3.63, 3.8) is 0 Å². The highest BCUT2D eigenvalue weighted by Crippen LogP contribution is 2.67. The van der Waals surface area contributed by atoms with E-state index in [1.807, 2.05) is 0 Å². The fourth-order valence-corrected chi connectivity index (χ4v) is 12.4. The molecule has 0 aromatic rings. The van der Waals surface area contributed by atoms with Gasteiger partial charge in [0.1, 0.15) is 0 Å². The predicted molar refractivity (Wildman–Crippen MR) is 152 cm³/mol. The third-order valence-corrected chi connectivity index (χ3v) is 13.0. The molecule has 4 aliphatic carbocycles. The van der Waals surface area contributed by atoms with E-state index in [0.717, 1.165) is 23.7 Å². The summed E-state index contributed by atoms with van der Waals surface area (Å²) in [6.07, 6.45) is 11.9. The Morgan fingerprint density at radius 3 is 1.76 bits per heavy atom. The Kier molecular flexibility index (Phi) is 7.36. The van der Waals surface area contributed by atoms with Crippen LogP contribution in [0.3, 0.4) is 0 Å². The lowest BCUT2D eigenvalue weighted by atomic mass is 9.45. The first-order valence-corrected chi connectivity index (χ1v) is 24.7. The molecule has 0 radical (unpaired) electrons. The highest BCUT2D eigenvalue weighted by Gasteiger charge is 2.63. The van der Waals surface area contributed by atoms with Gasteiger partial charge in [-0.15, -0.1) is 0 Å². The van der Waals surface area contributed by atoms with Crippen LogP contribution in [0.25, 0.3) is 0 Å². The summed E-state index contributed by atoms with van der Waals surface area (Å²) < 4.78 is 20.6. The average Bonchev–Trinajstić information content (AvgIpc) is 2.90. The van der Waals surface area contributed by atoms with Gasteiger partial charge in [0.05, 0.1) is 12.2 Å². The number of hydrogen-bond acceptors (Lipinski definition) is 3. The highest BCUT2D eigenvalue weighted by molar-refractivity contribution is 6.70. The fourth-order valence-electron chi connectivity index (χ4n) is 8.92. The minimum atomic E-state index is -1.65. The molecule has 6 heteroatoms. The first-order valence-electron chi connectivity index (χ1n) is 14.4. The molecule has 0 N–H and O–H groups in total. The minimum Gasteiger partial charge on any atom is -0.415 e. The normalized spacial score (nSPS) is 45.4. The summed E-state index contributed by atoms with van der Waals surface area (Å²) in [7, 11) is -4.74. The fraction of sp³-hybridized carbons (Fsp3) is 1.00. The standard InChI is InChI=1S/C28H56O3Si3/c1-27-16-14-21(29-32(3,4)5)18-20(27)12-13-22-23(27)15-17-28(2)24(22)19-25(30-33(6,7)8)26(28)31-34(9,10)11/h20-26H,12-19H2,1-11H3/t20-,21+,22?,23?,24?,25?,26-,27?,28?/m0/s1. The van der Waals surface area contributed by atoms with E-state index >= 15 is 0 Å². The van der Waals surface area contributed by atoms with Crippen LogP contribution in [-0.2, 0) is 13.3 Å². The maximum Gasteiger partial charge on any atom is 0.184 e. The van der Waals surface area contributed by atoms with Gasteiger partial charge in [0.15, 0.2) is 25.0 Å². The molecule has 4 fully saturated rings. The molecular formula is C28H56O3Si3. The van der Waals surface area contributed by atoms with Crippen molar-refractivity contribution in [3.05, 3.63) is 0 Å². The SMILES string of the molecule is CC12CC[C@@H](O[Si](C)(C)C)C[C@@H]1CCC1C2CCC2(C)C1CC(O[Si](C)(C)C)[C@@H]2O[Si](C)(C)C. The van der Waals surface area contributed by atoms with E-state index in [1.54, 1.807) is 0 Å². The molecule has 0 amide bonds. The topological polar surface area (TPSA) is 27.7 Å². The van der Waals surface area contributed by atoms with E-state index in [0.29, 0.717) is 23.7 Å². The highest BCUT2D eigenvalue weighted by atomic mass is 28.4. The van der Waals surface area contributed by atoms with Crippen LogP contribution in [0.4, 0.5) is 0 Å². The van der Waals surface area contributed by atoms with Crippen LogP contribution in [0.15, 0.2) is 0 Å². The minimum absolute atomic E-state index is 0.285. The van der Waals surface area contributed by atoms with Gasteiger partial charge >= 0.3 is 0 Å². The second kappa shape index (κ2) is 9.07. The van der Waals surface area contributed by atoms with Crippen molar-refractivity contribution in [2.75, 3.05) is 0 Å². The second-order valence-corrected chi connectivity index (χ2v) is 29.4. The van der Waals surface area contributed by atoms with Crippen LogP contribution < -0.4 is 0 Å². The Bertz CT molecular complexity index is 739. The van der Waals surface area contributed by atoms with E-state index in [9.17, 15) is 0 Å². The van der Waals surface area contributed by atoms with Crippen LogP contribution in [-0.4, -0.2) is 43.3 Å². The number of fused-ring (bicyclic) bond motifs is 5. The quantitative estimate of drug-likeness (QED) is 0.327. The lowest BCUT2D eigenvalue weighted by Gasteiger charge is -2.61. The average molecular weight is 525 g/mol. The summed E-state index contributed by atoms with van der Waals surface area (Å²) >= 11 is 0. The summed E-state index contributed by atoms with van der Waals surface area (Å²) in [5.74, 6) is 3.37. The Morgan fingerprint density at radius 1 is 0.588 bits per heavy atom. The van der Waals surface area contributed by atoms with Gasteiger partial charge in [0, 0.05) is 6.10 Å². The van der Waals surface area contributed by atoms with Crippen LogP contribution in [0.1, 0.15) is 65.2 Å². The third-order valence-electron chi connectivity index (χ3n) is 10.0. The molecule has 0 saturated heterocycles. The molecule has 0 bridgehead atoms. The lowest BCUT2D eigenvalue weighted by molar-refractivity contribution is -0.131. The molecular weight excluding hydrogens is 469 g/mol. The van der Waals surface area contributed by atoms with E-state index in [2.05, 4.69) is 72.8 Å². The second-order valence-electron chi connectivity index (χ2n) is 16.0. The molecule has 6 unspecified atom stereocenters. The summed E-state index contributed by atoms with van der Waals surface area (Å²) in [5, 5.41) is 0. The zero-order chi connectivity index (χ0) is 25.3. The summed E-state index contributed by atoms with van der Waals surface area (Å²) in [5.41, 5.74) is 0.795. The van der Waals surface area contributed by atoms with Gasteiger partial charge < -0.3 is 13.3 Å². The Labute approximate surface area is 214 Å². The largest absolute Gasteiger partial charge is 0.415 e. The molecule has 198 valence electrons. The van der Waals surface area contributed by atoms with E-state index in [-0.39, 0.29) is 5.41 Å². The number of hydrogen-bond donors (Lipinski definition) is 0. The molecule has 3 nitrogen and oxygen atoms in total. The molecule has 0 aliphatic heterocycles. The smallest absolute Gasteiger partial charge is 0.184 e. The molecule has 4 aliphatic rings. The zero-order valence-electron chi connectivity index (χ0n) is 24.4. The van der Waals surface area contributed by atoms with E-state index in [4.69, 9.17) is 13.3 Å². The molecule has 4 rings (SSSR count). The van der Waals surface area contributed by atoms with Crippen molar-refractivity contribution in [2.45, 2.75) is 142 Å². The van der Waals surface area contributed by atoms with Crippen molar-refractivity contribution in [2.24, 2.45) is 34.5 Å².